The second-order valence-electron chi connectivity index (χ2n) is 13.1. The third-order valence-electron chi connectivity index (χ3n) is 10.2. The molecule has 0 bridgehead atoms. The van der Waals surface area contributed by atoms with Gasteiger partial charge in [0.2, 0.25) is 0 Å². The highest BCUT2D eigenvalue weighted by atomic mass is 16.3. The number of furan rings is 1. The molecule has 0 saturated heterocycles. The lowest BCUT2D eigenvalue weighted by molar-refractivity contribution is 0.666. The van der Waals surface area contributed by atoms with Gasteiger partial charge in [-0.15, -0.1) is 0 Å². The van der Waals surface area contributed by atoms with E-state index < -0.39 is 0 Å². The molecule has 0 aliphatic rings. The minimum absolute atomic E-state index is 0.669. The molecule has 0 atom stereocenters. The van der Waals surface area contributed by atoms with Gasteiger partial charge in [0.15, 0.2) is 11.4 Å². The highest BCUT2D eigenvalue weighted by Gasteiger charge is 2.17. The Hall–Kier alpha value is -6.98. The fourth-order valence-electron chi connectivity index (χ4n) is 7.87. The Bertz CT molecular complexity index is 3150. The van der Waals surface area contributed by atoms with Crippen LogP contribution in [0.3, 0.4) is 0 Å². The summed E-state index contributed by atoms with van der Waals surface area (Å²) in [5.74, 6) is 0.669. The Morgan fingerprint density at radius 3 is 1.67 bits per heavy atom. The predicted octanol–water partition coefficient (Wildman–Crippen LogP) is 11.9. The summed E-state index contributed by atoms with van der Waals surface area (Å²) in [6, 6.07) is 58.2. The fourth-order valence-corrected chi connectivity index (χ4v) is 7.87. The van der Waals surface area contributed by atoms with Crippen LogP contribution in [0.5, 0.6) is 0 Å². The van der Waals surface area contributed by atoms with E-state index in [9.17, 15) is 0 Å². The first kappa shape index (κ1) is 27.9. The van der Waals surface area contributed by atoms with Gasteiger partial charge in [0.05, 0.1) is 28.3 Å². The first-order valence-corrected chi connectivity index (χ1v) is 17.2. The first-order valence-electron chi connectivity index (χ1n) is 17.2. The zero-order valence-electron chi connectivity index (χ0n) is 27.4. The Morgan fingerprint density at radius 1 is 0.392 bits per heavy atom. The van der Waals surface area contributed by atoms with Gasteiger partial charge in [0, 0.05) is 43.9 Å². The summed E-state index contributed by atoms with van der Waals surface area (Å²) in [4.78, 5) is 9.68. The van der Waals surface area contributed by atoms with E-state index in [4.69, 9.17) is 14.4 Å². The van der Waals surface area contributed by atoms with Gasteiger partial charge in [-0.3, -0.25) is 0 Å². The predicted molar refractivity (Wildman–Crippen MR) is 209 cm³/mol. The van der Waals surface area contributed by atoms with Crippen molar-refractivity contribution in [3.8, 4) is 33.9 Å². The molecule has 0 aliphatic carbocycles. The highest BCUT2D eigenvalue weighted by molar-refractivity contribution is 6.12. The van der Waals surface area contributed by atoms with E-state index in [1.54, 1.807) is 6.20 Å². The molecule has 0 aliphatic heterocycles. The molecule has 5 heteroatoms. The molecule has 0 amide bonds. The van der Waals surface area contributed by atoms with Crippen molar-refractivity contribution in [2.24, 2.45) is 0 Å². The topological polar surface area (TPSA) is 48.8 Å². The van der Waals surface area contributed by atoms with Crippen LogP contribution in [-0.2, 0) is 0 Å². The summed E-state index contributed by atoms with van der Waals surface area (Å²) in [7, 11) is 0. The van der Waals surface area contributed by atoms with Gasteiger partial charge in [0.1, 0.15) is 11.1 Å². The van der Waals surface area contributed by atoms with Gasteiger partial charge in [-0.25, -0.2) is 9.97 Å². The summed E-state index contributed by atoms with van der Waals surface area (Å²) in [5.41, 5.74) is 12.6. The molecule has 11 aromatic rings. The van der Waals surface area contributed by atoms with Crippen molar-refractivity contribution < 1.29 is 4.42 Å². The van der Waals surface area contributed by atoms with Crippen molar-refractivity contribution in [2.45, 2.75) is 0 Å². The van der Waals surface area contributed by atoms with Gasteiger partial charge in [0.25, 0.3) is 0 Å². The van der Waals surface area contributed by atoms with Crippen LogP contribution >= 0.6 is 0 Å². The number of nitrogens with zero attached hydrogens (tertiary/aromatic N) is 4. The minimum Gasteiger partial charge on any atom is -0.453 e. The number of para-hydroxylation sites is 4. The van der Waals surface area contributed by atoms with Crippen LogP contribution in [0.25, 0.3) is 99.6 Å². The molecule has 11 rings (SSSR count). The summed E-state index contributed by atoms with van der Waals surface area (Å²) in [6.45, 7) is 0. The van der Waals surface area contributed by atoms with Crippen molar-refractivity contribution in [3.05, 3.63) is 170 Å². The molecule has 7 aromatic carbocycles. The lowest BCUT2D eigenvalue weighted by atomic mass is 10.0. The zero-order valence-corrected chi connectivity index (χ0v) is 27.4. The number of aromatic nitrogens is 4. The van der Waals surface area contributed by atoms with Crippen molar-refractivity contribution in [2.75, 3.05) is 0 Å². The van der Waals surface area contributed by atoms with Crippen LogP contribution in [0.1, 0.15) is 0 Å². The average molecular weight is 653 g/mol. The molecule has 5 nitrogen and oxygen atoms in total. The van der Waals surface area contributed by atoms with Crippen molar-refractivity contribution in [3.63, 3.8) is 0 Å². The van der Waals surface area contributed by atoms with Crippen LogP contribution < -0.4 is 0 Å². The lowest BCUT2D eigenvalue weighted by Gasteiger charge is -2.10. The van der Waals surface area contributed by atoms with Crippen molar-refractivity contribution >= 4 is 65.7 Å². The molecule has 238 valence electrons. The van der Waals surface area contributed by atoms with Crippen LogP contribution in [0.15, 0.2) is 174 Å². The van der Waals surface area contributed by atoms with Crippen molar-refractivity contribution in [1.29, 1.82) is 0 Å². The van der Waals surface area contributed by atoms with E-state index in [0.29, 0.717) is 11.4 Å². The maximum absolute atomic E-state index is 5.99. The molecular formula is C46H28N4O. The van der Waals surface area contributed by atoms with E-state index in [1.165, 1.54) is 43.7 Å². The third-order valence-corrected chi connectivity index (χ3v) is 10.2. The average Bonchev–Trinajstić information content (AvgIpc) is 3.85. The van der Waals surface area contributed by atoms with Crippen LogP contribution in [0, 0.1) is 0 Å². The van der Waals surface area contributed by atoms with E-state index in [2.05, 4.69) is 149 Å². The quantitative estimate of drug-likeness (QED) is 0.190. The summed E-state index contributed by atoms with van der Waals surface area (Å²) < 4.78 is 10.7. The Balaban J connectivity index is 1.06. The number of fused-ring (bicyclic) bond motifs is 9. The van der Waals surface area contributed by atoms with Crippen molar-refractivity contribution in [1.82, 2.24) is 19.1 Å². The standard InChI is InChI=1S/C46H28N4O/c1-2-12-32(13-3-1)49-39-18-7-4-15-34(39)37-26-29(21-23-41(37)49)30-22-24-42-38(27-30)35-16-5-8-19-40(35)50(42)33-14-10-11-31(25-33)46-47-28-44-45(48-46)36-17-6-9-20-43(36)51-44/h1-28H. The maximum Gasteiger partial charge on any atom is 0.172 e. The molecule has 0 saturated carbocycles. The number of hydrogen-bond donors (Lipinski definition) is 0. The summed E-state index contributed by atoms with van der Waals surface area (Å²) in [5, 5.41) is 5.91. The third kappa shape index (κ3) is 4.22. The van der Waals surface area contributed by atoms with E-state index in [-0.39, 0.29) is 0 Å². The maximum atomic E-state index is 5.99. The van der Waals surface area contributed by atoms with Gasteiger partial charge in [-0.1, -0.05) is 91.0 Å². The molecule has 0 spiro atoms. The van der Waals surface area contributed by atoms with Gasteiger partial charge in [-0.05, 0) is 83.9 Å². The minimum atomic E-state index is 0.669. The Morgan fingerprint density at radius 2 is 0.961 bits per heavy atom. The van der Waals surface area contributed by atoms with Gasteiger partial charge in [-0.2, -0.15) is 0 Å². The second kappa shape index (κ2) is 10.8. The number of rotatable bonds is 4. The molecule has 0 unspecified atom stereocenters. The number of hydrogen-bond acceptors (Lipinski definition) is 3. The van der Waals surface area contributed by atoms with Gasteiger partial charge >= 0.3 is 0 Å². The van der Waals surface area contributed by atoms with E-state index in [1.807, 2.05) is 24.3 Å². The van der Waals surface area contributed by atoms with E-state index >= 15 is 0 Å². The lowest BCUT2D eigenvalue weighted by Crippen LogP contribution is -1.95. The van der Waals surface area contributed by atoms with Crippen LogP contribution in [0.4, 0.5) is 0 Å². The molecule has 0 N–H and O–H groups in total. The smallest absolute Gasteiger partial charge is 0.172 e. The summed E-state index contributed by atoms with van der Waals surface area (Å²) >= 11 is 0. The van der Waals surface area contributed by atoms with E-state index in [0.717, 1.165) is 44.5 Å². The molecule has 0 fully saturated rings. The summed E-state index contributed by atoms with van der Waals surface area (Å²) in [6.07, 6.45) is 1.78. The second-order valence-corrected chi connectivity index (χ2v) is 13.1. The van der Waals surface area contributed by atoms with Crippen LogP contribution in [-0.4, -0.2) is 19.1 Å². The molecule has 51 heavy (non-hydrogen) atoms. The van der Waals surface area contributed by atoms with Crippen LogP contribution in [0.2, 0.25) is 0 Å². The fraction of sp³-hybridized carbons (Fsp3) is 0. The molecule has 0 radical (unpaired) electrons. The molecular weight excluding hydrogens is 625 g/mol. The molecule has 4 aromatic heterocycles. The normalized spacial score (nSPS) is 11.9. The zero-order chi connectivity index (χ0) is 33.5. The Kier molecular flexibility index (Phi) is 5.89. The first-order chi connectivity index (χ1) is 25.3. The SMILES string of the molecule is c1ccc(-n2c3ccccc3c3cc(-c4ccc5c(c4)c4ccccc4n5-c4cccc(-c5ncc6oc7ccccc7c6n5)c4)ccc32)cc1. The monoisotopic (exact) mass is 652 g/mol. The molecule has 4 heterocycles. The largest absolute Gasteiger partial charge is 0.453 e. The number of benzene rings is 7. The van der Waals surface area contributed by atoms with Gasteiger partial charge < -0.3 is 13.6 Å². The highest BCUT2D eigenvalue weighted by Crippen LogP contribution is 2.39. The Labute approximate surface area is 292 Å².